The number of hydrogen-bond donors (Lipinski definition) is 2. The van der Waals surface area contributed by atoms with Gasteiger partial charge in [-0.05, 0) is 30.3 Å². The lowest BCUT2D eigenvalue weighted by Gasteiger charge is -2.21. The van der Waals surface area contributed by atoms with Crippen LogP contribution in [0.15, 0.2) is 42.7 Å². The van der Waals surface area contributed by atoms with Gasteiger partial charge in [-0.2, -0.15) is 0 Å². The molecule has 3 N–H and O–H groups in total. The Bertz CT molecular complexity index is 613. The van der Waals surface area contributed by atoms with Gasteiger partial charge in [0.15, 0.2) is 0 Å². The number of nitrogens with zero attached hydrogens (tertiary/aromatic N) is 2. The van der Waals surface area contributed by atoms with Gasteiger partial charge in [0.2, 0.25) is 0 Å². The van der Waals surface area contributed by atoms with Gasteiger partial charge in [0, 0.05) is 31.0 Å². The van der Waals surface area contributed by atoms with Crippen molar-refractivity contribution in [2.75, 3.05) is 6.54 Å². The second kappa shape index (κ2) is 6.95. The predicted octanol–water partition coefficient (Wildman–Crippen LogP) is 2.53. The van der Waals surface area contributed by atoms with E-state index < -0.39 is 5.82 Å². The minimum absolute atomic E-state index is 0.160. The van der Waals surface area contributed by atoms with Gasteiger partial charge in [0.1, 0.15) is 11.7 Å². The summed E-state index contributed by atoms with van der Waals surface area (Å²) in [5, 5.41) is 7.40. The average Bonchev–Trinajstić information content (AvgIpc) is 2.49. The van der Waals surface area contributed by atoms with Crippen molar-refractivity contribution >= 4 is 5.84 Å². The maximum atomic E-state index is 14.3. The molecule has 0 amide bonds. The third-order valence-electron chi connectivity index (χ3n) is 3.37. The van der Waals surface area contributed by atoms with Gasteiger partial charge in [-0.15, -0.1) is 0 Å². The van der Waals surface area contributed by atoms with Gasteiger partial charge >= 0.3 is 0 Å². The lowest BCUT2D eigenvalue weighted by molar-refractivity contribution is 0.267. The highest BCUT2D eigenvalue weighted by Gasteiger charge is 2.13. The number of rotatable bonds is 6. The number of nitrogens with one attached hydrogen (secondary N) is 1. The molecule has 0 bridgehead atoms. The van der Waals surface area contributed by atoms with Crippen molar-refractivity contribution in [3.05, 3.63) is 65.2 Å². The van der Waals surface area contributed by atoms with Crippen molar-refractivity contribution in [2.24, 2.45) is 5.73 Å². The molecule has 0 saturated heterocycles. The Morgan fingerprint density at radius 3 is 2.57 bits per heavy atom. The maximum absolute atomic E-state index is 14.3. The Kier molecular flexibility index (Phi) is 5.00. The zero-order valence-corrected chi connectivity index (χ0v) is 12.0. The highest BCUT2D eigenvalue weighted by atomic mass is 19.1. The molecule has 110 valence electrons. The molecule has 0 aliphatic carbocycles. The van der Waals surface area contributed by atoms with E-state index in [1.807, 2.05) is 19.1 Å². The van der Waals surface area contributed by atoms with Gasteiger partial charge in [-0.1, -0.05) is 19.1 Å². The SMILES string of the molecule is CCN(Cc1ccncc1)Cc1cccc(C(=N)N)c1F. The van der Waals surface area contributed by atoms with Crippen LogP contribution in [0.5, 0.6) is 0 Å². The van der Waals surface area contributed by atoms with E-state index in [2.05, 4.69) is 9.88 Å². The monoisotopic (exact) mass is 286 g/mol. The van der Waals surface area contributed by atoms with Crippen LogP contribution >= 0.6 is 0 Å². The van der Waals surface area contributed by atoms with E-state index >= 15 is 0 Å². The third kappa shape index (κ3) is 3.86. The molecule has 0 aliphatic heterocycles. The van der Waals surface area contributed by atoms with E-state index in [0.717, 1.165) is 18.7 Å². The number of halogens is 1. The van der Waals surface area contributed by atoms with Gasteiger partial charge in [-0.3, -0.25) is 15.3 Å². The highest BCUT2D eigenvalue weighted by Crippen LogP contribution is 2.16. The molecule has 0 atom stereocenters. The lowest BCUT2D eigenvalue weighted by atomic mass is 10.1. The molecule has 1 aromatic heterocycles. The Morgan fingerprint density at radius 1 is 1.24 bits per heavy atom. The minimum atomic E-state index is -0.404. The van der Waals surface area contributed by atoms with Crippen molar-refractivity contribution in [1.29, 1.82) is 5.41 Å². The van der Waals surface area contributed by atoms with Crippen LogP contribution in [0.1, 0.15) is 23.6 Å². The molecule has 5 heteroatoms. The number of nitrogens with two attached hydrogens (primary N) is 1. The van der Waals surface area contributed by atoms with Crippen LogP contribution in [0, 0.1) is 11.2 Å². The smallest absolute Gasteiger partial charge is 0.138 e. The molecule has 21 heavy (non-hydrogen) atoms. The normalized spacial score (nSPS) is 10.8. The summed E-state index contributed by atoms with van der Waals surface area (Å²) >= 11 is 0. The van der Waals surface area contributed by atoms with E-state index in [-0.39, 0.29) is 11.4 Å². The first-order valence-electron chi connectivity index (χ1n) is 6.84. The predicted molar refractivity (Wildman–Crippen MR) is 81.4 cm³/mol. The van der Waals surface area contributed by atoms with Crippen LogP contribution in [0.3, 0.4) is 0 Å². The van der Waals surface area contributed by atoms with Crippen LogP contribution in [0.4, 0.5) is 4.39 Å². The molecule has 4 nitrogen and oxygen atoms in total. The van der Waals surface area contributed by atoms with Crippen LogP contribution < -0.4 is 5.73 Å². The largest absolute Gasteiger partial charge is 0.384 e. The molecule has 2 aromatic rings. The Morgan fingerprint density at radius 2 is 1.95 bits per heavy atom. The number of pyridine rings is 1. The van der Waals surface area contributed by atoms with E-state index in [1.165, 1.54) is 6.07 Å². The van der Waals surface area contributed by atoms with Crippen LogP contribution in [0.25, 0.3) is 0 Å². The molecular weight excluding hydrogens is 267 g/mol. The fourth-order valence-electron chi connectivity index (χ4n) is 2.18. The van der Waals surface area contributed by atoms with Crippen LogP contribution in [-0.2, 0) is 13.1 Å². The van der Waals surface area contributed by atoms with Crippen molar-refractivity contribution in [3.8, 4) is 0 Å². The number of hydrogen-bond acceptors (Lipinski definition) is 3. The van der Waals surface area contributed by atoms with Gasteiger partial charge < -0.3 is 5.73 Å². The molecule has 2 rings (SSSR count). The molecule has 0 spiro atoms. The quantitative estimate of drug-likeness (QED) is 0.633. The molecule has 1 heterocycles. The average molecular weight is 286 g/mol. The number of nitrogen functional groups attached to an aromatic ring is 1. The van der Waals surface area contributed by atoms with Gasteiger partial charge in [0.05, 0.1) is 5.56 Å². The molecule has 0 saturated carbocycles. The van der Waals surface area contributed by atoms with Gasteiger partial charge in [-0.25, -0.2) is 4.39 Å². The molecular formula is C16H19FN4. The van der Waals surface area contributed by atoms with Crippen molar-refractivity contribution < 1.29 is 4.39 Å². The summed E-state index contributed by atoms with van der Waals surface area (Å²) in [5.41, 5.74) is 7.24. The second-order valence-corrected chi connectivity index (χ2v) is 4.85. The standard InChI is InChI=1S/C16H19FN4/c1-2-21(10-12-6-8-20-9-7-12)11-13-4-3-5-14(15(13)17)16(18)19/h3-9H,2,10-11H2,1H3,(H3,18,19). The number of amidine groups is 1. The first kappa shape index (κ1) is 15.1. The topological polar surface area (TPSA) is 66.0 Å². The molecule has 0 aliphatic rings. The number of aromatic nitrogens is 1. The van der Waals surface area contributed by atoms with Crippen LogP contribution in [-0.4, -0.2) is 22.3 Å². The summed E-state index contributed by atoms with van der Waals surface area (Å²) in [6.45, 7) is 4.04. The molecule has 0 fully saturated rings. The van der Waals surface area contributed by atoms with Gasteiger partial charge in [0.25, 0.3) is 0 Å². The lowest BCUT2D eigenvalue weighted by Crippen LogP contribution is -2.24. The Hall–Kier alpha value is -2.27. The fraction of sp³-hybridized carbons (Fsp3) is 0.250. The van der Waals surface area contributed by atoms with Crippen molar-refractivity contribution in [3.63, 3.8) is 0 Å². The summed E-state index contributed by atoms with van der Waals surface area (Å²) in [7, 11) is 0. The summed E-state index contributed by atoms with van der Waals surface area (Å²) in [5.74, 6) is -0.648. The summed E-state index contributed by atoms with van der Waals surface area (Å²) < 4.78 is 14.3. The van der Waals surface area contributed by atoms with Crippen molar-refractivity contribution in [1.82, 2.24) is 9.88 Å². The maximum Gasteiger partial charge on any atom is 0.138 e. The second-order valence-electron chi connectivity index (χ2n) is 4.85. The Balaban J connectivity index is 2.15. The number of benzene rings is 1. The molecule has 0 radical (unpaired) electrons. The van der Waals surface area contributed by atoms with E-state index in [9.17, 15) is 4.39 Å². The fourth-order valence-corrected chi connectivity index (χ4v) is 2.18. The molecule has 0 unspecified atom stereocenters. The summed E-state index contributed by atoms with van der Waals surface area (Å²) in [6.07, 6.45) is 3.50. The van der Waals surface area contributed by atoms with E-state index in [0.29, 0.717) is 12.1 Å². The Labute approximate surface area is 123 Å². The van der Waals surface area contributed by atoms with Crippen LogP contribution in [0.2, 0.25) is 0 Å². The zero-order valence-electron chi connectivity index (χ0n) is 12.0. The zero-order chi connectivity index (χ0) is 15.2. The minimum Gasteiger partial charge on any atom is -0.384 e. The van der Waals surface area contributed by atoms with E-state index in [4.69, 9.17) is 11.1 Å². The summed E-state index contributed by atoms with van der Waals surface area (Å²) in [4.78, 5) is 6.11. The molecule has 1 aromatic carbocycles. The van der Waals surface area contributed by atoms with E-state index in [1.54, 1.807) is 24.5 Å². The van der Waals surface area contributed by atoms with Crippen molar-refractivity contribution in [2.45, 2.75) is 20.0 Å². The highest BCUT2D eigenvalue weighted by molar-refractivity contribution is 5.95. The third-order valence-corrected chi connectivity index (χ3v) is 3.37. The summed E-state index contributed by atoms with van der Waals surface area (Å²) in [6, 6.07) is 8.89. The first-order chi connectivity index (χ1) is 10.1. The first-order valence-corrected chi connectivity index (χ1v) is 6.84.